The fourth-order valence-corrected chi connectivity index (χ4v) is 3.22. The molecule has 2 aromatic rings. The SMILES string of the molecule is CCCCN1CCn2nc(CNC(=O)N[C@H](C)c3ncnn3C)cc2C1. The van der Waals surface area contributed by atoms with Crippen molar-refractivity contribution in [2.24, 2.45) is 7.05 Å². The van der Waals surface area contributed by atoms with Crippen molar-refractivity contribution in [1.82, 2.24) is 40.1 Å². The van der Waals surface area contributed by atoms with Gasteiger partial charge in [0.25, 0.3) is 0 Å². The van der Waals surface area contributed by atoms with Gasteiger partial charge in [0.1, 0.15) is 12.2 Å². The van der Waals surface area contributed by atoms with Crippen LogP contribution in [0.5, 0.6) is 0 Å². The van der Waals surface area contributed by atoms with E-state index in [0.29, 0.717) is 12.4 Å². The molecule has 0 aromatic carbocycles. The Morgan fingerprint density at radius 1 is 1.38 bits per heavy atom. The maximum Gasteiger partial charge on any atom is 0.315 e. The van der Waals surface area contributed by atoms with Gasteiger partial charge in [-0.1, -0.05) is 13.3 Å². The number of unbranched alkanes of at least 4 members (excludes halogenated alkanes) is 1. The number of aromatic nitrogens is 5. The van der Waals surface area contributed by atoms with E-state index in [1.54, 1.807) is 11.7 Å². The van der Waals surface area contributed by atoms with Gasteiger partial charge in [0.05, 0.1) is 30.5 Å². The lowest BCUT2D eigenvalue weighted by Crippen LogP contribution is -2.37. The lowest BCUT2D eigenvalue weighted by molar-refractivity contribution is 0.210. The standard InChI is InChI=1S/C17H28N8O/c1-4-5-6-24-7-8-25-15(11-24)9-14(22-25)10-18-17(26)21-13(2)16-19-12-20-23(16)3/h9,12-13H,4-8,10-11H2,1-3H3,(H2,18,21,26)/t13-/m1/s1. The maximum atomic E-state index is 12.1. The second kappa shape index (κ2) is 8.31. The highest BCUT2D eigenvalue weighted by Gasteiger charge is 2.18. The molecule has 9 heteroatoms. The molecule has 0 bridgehead atoms. The van der Waals surface area contributed by atoms with E-state index in [0.717, 1.165) is 31.9 Å². The first-order chi connectivity index (χ1) is 12.6. The topological polar surface area (TPSA) is 92.9 Å². The molecule has 0 radical (unpaired) electrons. The zero-order valence-corrected chi connectivity index (χ0v) is 15.8. The largest absolute Gasteiger partial charge is 0.332 e. The van der Waals surface area contributed by atoms with Crippen molar-refractivity contribution in [3.8, 4) is 0 Å². The van der Waals surface area contributed by atoms with E-state index >= 15 is 0 Å². The van der Waals surface area contributed by atoms with E-state index in [2.05, 4.69) is 48.4 Å². The minimum atomic E-state index is -0.240. The van der Waals surface area contributed by atoms with Gasteiger partial charge in [0.15, 0.2) is 0 Å². The minimum Gasteiger partial charge on any atom is -0.332 e. The van der Waals surface area contributed by atoms with Gasteiger partial charge >= 0.3 is 6.03 Å². The molecule has 0 spiro atoms. The van der Waals surface area contributed by atoms with Gasteiger partial charge in [-0.3, -0.25) is 14.3 Å². The first kappa shape index (κ1) is 18.4. The Morgan fingerprint density at radius 3 is 2.96 bits per heavy atom. The Hall–Kier alpha value is -2.42. The number of carbonyl (C=O) groups is 1. The van der Waals surface area contributed by atoms with Crippen LogP contribution < -0.4 is 10.6 Å². The Morgan fingerprint density at radius 2 is 2.23 bits per heavy atom. The first-order valence-corrected chi connectivity index (χ1v) is 9.23. The third kappa shape index (κ3) is 4.40. The monoisotopic (exact) mass is 360 g/mol. The van der Waals surface area contributed by atoms with Crippen molar-refractivity contribution in [2.45, 2.75) is 52.4 Å². The highest BCUT2D eigenvalue weighted by atomic mass is 16.2. The van der Waals surface area contributed by atoms with Crippen LogP contribution in [0.4, 0.5) is 4.79 Å². The number of rotatable bonds is 7. The van der Waals surface area contributed by atoms with Crippen molar-refractivity contribution < 1.29 is 4.79 Å². The fraction of sp³-hybridized carbons (Fsp3) is 0.647. The average Bonchev–Trinajstić information content (AvgIpc) is 3.23. The van der Waals surface area contributed by atoms with Crippen molar-refractivity contribution in [2.75, 3.05) is 13.1 Å². The maximum absolute atomic E-state index is 12.1. The number of carbonyl (C=O) groups excluding carboxylic acids is 1. The van der Waals surface area contributed by atoms with E-state index in [1.807, 2.05) is 6.92 Å². The molecule has 0 unspecified atom stereocenters. The molecule has 142 valence electrons. The molecule has 2 aromatic heterocycles. The molecule has 0 fully saturated rings. The molecule has 0 aliphatic carbocycles. The second-order valence-electron chi connectivity index (χ2n) is 6.77. The number of urea groups is 1. The summed E-state index contributed by atoms with van der Waals surface area (Å²) in [6.45, 7) is 8.52. The molecular formula is C17H28N8O. The summed E-state index contributed by atoms with van der Waals surface area (Å²) in [6, 6.07) is 1.63. The lowest BCUT2D eigenvalue weighted by Gasteiger charge is -2.27. The Bertz CT molecular complexity index is 737. The van der Waals surface area contributed by atoms with Crippen LogP contribution in [0, 0.1) is 0 Å². The van der Waals surface area contributed by atoms with E-state index in [-0.39, 0.29) is 12.1 Å². The van der Waals surface area contributed by atoms with Crippen LogP contribution in [-0.2, 0) is 26.7 Å². The molecule has 2 N–H and O–H groups in total. The summed E-state index contributed by atoms with van der Waals surface area (Å²) in [4.78, 5) is 18.7. The third-order valence-electron chi connectivity index (χ3n) is 4.67. The van der Waals surface area contributed by atoms with E-state index < -0.39 is 0 Å². The van der Waals surface area contributed by atoms with Crippen molar-refractivity contribution >= 4 is 6.03 Å². The van der Waals surface area contributed by atoms with Crippen LogP contribution >= 0.6 is 0 Å². The first-order valence-electron chi connectivity index (χ1n) is 9.23. The smallest absolute Gasteiger partial charge is 0.315 e. The predicted molar refractivity (Wildman–Crippen MR) is 97.2 cm³/mol. The highest BCUT2D eigenvalue weighted by Crippen LogP contribution is 2.14. The minimum absolute atomic E-state index is 0.218. The van der Waals surface area contributed by atoms with E-state index in [1.165, 1.54) is 24.9 Å². The van der Waals surface area contributed by atoms with Crippen LogP contribution in [0.3, 0.4) is 0 Å². The Kier molecular flexibility index (Phi) is 5.87. The van der Waals surface area contributed by atoms with Gasteiger partial charge in [-0.25, -0.2) is 9.78 Å². The van der Waals surface area contributed by atoms with Crippen LogP contribution in [0.25, 0.3) is 0 Å². The van der Waals surface area contributed by atoms with Crippen molar-refractivity contribution in [1.29, 1.82) is 0 Å². The van der Waals surface area contributed by atoms with Crippen LogP contribution in [0.15, 0.2) is 12.4 Å². The lowest BCUT2D eigenvalue weighted by atomic mass is 10.2. The summed E-state index contributed by atoms with van der Waals surface area (Å²) in [7, 11) is 1.80. The fourth-order valence-electron chi connectivity index (χ4n) is 3.22. The second-order valence-corrected chi connectivity index (χ2v) is 6.77. The quantitative estimate of drug-likeness (QED) is 0.774. The predicted octanol–water partition coefficient (Wildman–Crippen LogP) is 1.19. The van der Waals surface area contributed by atoms with Gasteiger partial charge in [-0.15, -0.1) is 0 Å². The zero-order valence-electron chi connectivity index (χ0n) is 15.8. The van der Waals surface area contributed by atoms with Crippen LogP contribution in [-0.4, -0.2) is 48.6 Å². The number of hydrogen-bond donors (Lipinski definition) is 2. The number of nitrogens with zero attached hydrogens (tertiary/aromatic N) is 6. The highest BCUT2D eigenvalue weighted by molar-refractivity contribution is 5.74. The van der Waals surface area contributed by atoms with E-state index in [4.69, 9.17) is 0 Å². The molecular weight excluding hydrogens is 332 g/mol. The Balaban J connectivity index is 1.49. The summed E-state index contributed by atoms with van der Waals surface area (Å²) in [5.74, 6) is 0.713. The molecule has 1 aliphatic heterocycles. The van der Waals surface area contributed by atoms with Crippen molar-refractivity contribution in [3.05, 3.63) is 29.6 Å². The van der Waals surface area contributed by atoms with Gasteiger partial charge < -0.3 is 10.6 Å². The van der Waals surface area contributed by atoms with E-state index in [9.17, 15) is 4.79 Å². The molecule has 1 atom stereocenters. The van der Waals surface area contributed by atoms with Gasteiger partial charge in [-0.2, -0.15) is 10.2 Å². The summed E-state index contributed by atoms with van der Waals surface area (Å²) in [5.41, 5.74) is 2.11. The van der Waals surface area contributed by atoms with Crippen LogP contribution in [0.1, 0.15) is 49.9 Å². The molecule has 3 heterocycles. The molecule has 0 saturated heterocycles. The molecule has 3 rings (SSSR count). The summed E-state index contributed by atoms with van der Waals surface area (Å²) in [6.07, 6.45) is 3.92. The Labute approximate surface area is 153 Å². The molecule has 2 amide bonds. The molecule has 1 aliphatic rings. The van der Waals surface area contributed by atoms with Gasteiger partial charge in [0, 0.05) is 20.1 Å². The summed E-state index contributed by atoms with van der Waals surface area (Å²) >= 11 is 0. The van der Waals surface area contributed by atoms with Gasteiger partial charge in [0.2, 0.25) is 0 Å². The number of aryl methyl sites for hydroxylation is 1. The average molecular weight is 360 g/mol. The molecule has 0 saturated carbocycles. The summed E-state index contributed by atoms with van der Waals surface area (Å²) in [5, 5.41) is 14.4. The van der Waals surface area contributed by atoms with Gasteiger partial charge in [-0.05, 0) is 26.0 Å². The number of hydrogen-bond acceptors (Lipinski definition) is 5. The van der Waals surface area contributed by atoms with Crippen molar-refractivity contribution in [3.63, 3.8) is 0 Å². The third-order valence-corrected chi connectivity index (χ3v) is 4.67. The summed E-state index contributed by atoms with van der Waals surface area (Å²) < 4.78 is 3.71. The molecule has 26 heavy (non-hydrogen) atoms. The number of nitrogens with one attached hydrogen (secondary N) is 2. The van der Waals surface area contributed by atoms with Crippen LogP contribution in [0.2, 0.25) is 0 Å². The normalized spacial score (nSPS) is 15.5. The number of fused-ring (bicyclic) bond motifs is 1. The molecule has 9 nitrogen and oxygen atoms in total. The number of amides is 2. The zero-order chi connectivity index (χ0) is 18.5.